The number of aromatic nitrogens is 3. The van der Waals surface area contributed by atoms with E-state index in [1.165, 1.54) is 12.1 Å². The summed E-state index contributed by atoms with van der Waals surface area (Å²) in [5.74, 6) is 0.471. The molecule has 1 aliphatic rings. The van der Waals surface area contributed by atoms with Gasteiger partial charge in [0.1, 0.15) is 0 Å². The van der Waals surface area contributed by atoms with Crippen LogP contribution in [0.4, 0.5) is 11.6 Å². The van der Waals surface area contributed by atoms with E-state index in [0.29, 0.717) is 54.4 Å². The van der Waals surface area contributed by atoms with Gasteiger partial charge in [0.25, 0.3) is 11.2 Å². The smallest absolute Gasteiger partial charge is 0.269 e. The molecule has 3 aromatic rings. The molecule has 0 bridgehead atoms. The Bertz CT molecular complexity index is 1030. The van der Waals surface area contributed by atoms with E-state index >= 15 is 0 Å². The Balaban J connectivity index is 1.81. The number of ether oxygens (including phenoxy) is 1. The van der Waals surface area contributed by atoms with Crippen molar-refractivity contribution in [2.45, 2.75) is 0 Å². The average Bonchev–Trinajstić information content (AvgIpc) is 2.68. The number of fused-ring (bicyclic) bond motifs is 1. The third-order valence-corrected chi connectivity index (χ3v) is 4.29. The third kappa shape index (κ3) is 2.88. The van der Waals surface area contributed by atoms with Gasteiger partial charge in [-0.05, 0) is 29.3 Å². The fourth-order valence-electron chi connectivity index (χ4n) is 2.98. The number of H-pyrrole nitrogens is 1. The standard InChI is InChI=1S/C17H15N5O4/c23-16-14-13(11-1-3-12(4-2-11)22(24)25)5-6-18-15(14)19-17(20-16)21-7-9-26-10-8-21/h1-6H,7-10H2,(H,18,19,20,23). The van der Waals surface area contributed by atoms with Crippen LogP contribution in [0.25, 0.3) is 22.2 Å². The number of nitro groups is 1. The molecule has 0 saturated carbocycles. The SMILES string of the molecule is O=c1[nH]c(N2CCOCC2)nc2nccc(-c3ccc([N+](=O)[O-])cc3)c12. The molecule has 1 N–H and O–H groups in total. The highest BCUT2D eigenvalue weighted by Gasteiger charge is 2.17. The number of rotatable bonds is 3. The first-order chi connectivity index (χ1) is 12.6. The van der Waals surface area contributed by atoms with Crippen molar-refractivity contribution in [2.75, 3.05) is 31.2 Å². The van der Waals surface area contributed by atoms with Gasteiger partial charge in [-0.1, -0.05) is 0 Å². The van der Waals surface area contributed by atoms with E-state index in [1.807, 2.05) is 4.90 Å². The number of anilines is 1. The molecule has 9 nitrogen and oxygen atoms in total. The maximum atomic E-state index is 12.7. The molecule has 0 unspecified atom stereocenters. The lowest BCUT2D eigenvalue weighted by Crippen LogP contribution is -2.38. The Labute approximate surface area is 147 Å². The number of aromatic amines is 1. The summed E-state index contributed by atoms with van der Waals surface area (Å²) in [5, 5.41) is 11.2. The minimum Gasteiger partial charge on any atom is -0.378 e. The van der Waals surface area contributed by atoms with Gasteiger partial charge in [-0.2, -0.15) is 4.98 Å². The van der Waals surface area contributed by atoms with Crippen molar-refractivity contribution in [1.82, 2.24) is 15.0 Å². The van der Waals surface area contributed by atoms with E-state index in [1.54, 1.807) is 24.4 Å². The van der Waals surface area contributed by atoms with Gasteiger partial charge < -0.3 is 9.64 Å². The molecule has 26 heavy (non-hydrogen) atoms. The molecular weight excluding hydrogens is 338 g/mol. The Morgan fingerprint density at radius 2 is 1.88 bits per heavy atom. The highest BCUT2D eigenvalue weighted by Crippen LogP contribution is 2.26. The molecule has 2 aromatic heterocycles. The number of nitrogens with one attached hydrogen (secondary N) is 1. The van der Waals surface area contributed by atoms with Crippen LogP contribution < -0.4 is 10.5 Å². The van der Waals surface area contributed by atoms with Gasteiger partial charge in [-0.15, -0.1) is 0 Å². The summed E-state index contributed by atoms with van der Waals surface area (Å²) in [6.07, 6.45) is 1.58. The molecular formula is C17H15N5O4. The predicted octanol–water partition coefficient (Wildman–Crippen LogP) is 1.73. The van der Waals surface area contributed by atoms with Crippen molar-refractivity contribution in [1.29, 1.82) is 0 Å². The minimum absolute atomic E-state index is 0.00579. The highest BCUT2D eigenvalue weighted by atomic mass is 16.6. The zero-order valence-corrected chi connectivity index (χ0v) is 13.7. The first-order valence-corrected chi connectivity index (χ1v) is 8.10. The summed E-state index contributed by atoms with van der Waals surface area (Å²) >= 11 is 0. The number of benzene rings is 1. The third-order valence-electron chi connectivity index (χ3n) is 4.29. The zero-order chi connectivity index (χ0) is 18.1. The van der Waals surface area contributed by atoms with Gasteiger partial charge in [0.2, 0.25) is 5.95 Å². The maximum absolute atomic E-state index is 12.7. The fourth-order valence-corrected chi connectivity index (χ4v) is 2.98. The van der Waals surface area contributed by atoms with E-state index in [-0.39, 0.29) is 11.2 Å². The van der Waals surface area contributed by atoms with E-state index in [4.69, 9.17) is 4.74 Å². The number of nitrogens with zero attached hydrogens (tertiary/aromatic N) is 4. The van der Waals surface area contributed by atoms with Crippen LogP contribution >= 0.6 is 0 Å². The van der Waals surface area contributed by atoms with Gasteiger partial charge in [0.05, 0.1) is 23.5 Å². The molecule has 0 aliphatic carbocycles. The molecule has 0 radical (unpaired) electrons. The number of hydrogen-bond donors (Lipinski definition) is 1. The van der Waals surface area contributed by atoms with E-state index in [2.05, 4.69) is 15.0 Å². The monoisotopic (exact) mass is 353 g/mol. The predicted molar refractivity (Wildman–Crippen MR) is 95.3 cm³/mol. The van der Waals surface area contributed by atoms with Crippen LogP contribution in [0.1, 0.15) is 0 Å². The molecule has 0 amide bonds. The number of nitro benzene ring substituents is 1. The lowest BCUT2D eigenvalue weighted by molar-refractivity contribution is -0.384. The van der Waals surface area contributed by atoms with Crippen LogP contribution in [0.3, 0.4) is 0 Å². The summed E-state index contributed by atoms with van der Waals surface area (Å²) in [4.78, 5) is 36.6. The Morgan fingerprint density at radius 1 is 1.15 bits per heavy atom. The molecule has 0 spiro atoms. The zero-order valence-electron chi connectivity index (χ0n) is 13.7. The first kappa shape index (κ1) is 16.2. The van der Waals surface area contributed by atoms with Crippen LogP contribution in [-0.2, 0) is 4.74 Å². The molecule has 1 fully saturated rings. The molecule has 1 aromatic carbocycles. The van der Waals surface area contributed by atoms with Crippen molar-refractivity contribution < 1.29 is 9.66 Å². The van der Waals surface area contributed by atoms with Crippen molar-refractivity contribution in [3.8, 4) is 11.1 Å². The summed E-state index contributed by atoms with van der Waals surface area (Å²) in [6, 6.07) is 7.75. The van der Waals surface area contributed by atoms with Crippen molar-refractivity contribution in [3.63, 3.8) is 0 Å². The van der Waals surface area contributed by atoms with Crippen molar-refractivity contribution >= 4 is 22.7 Å². The largest absolute Gasteiger partial charge is 0.378 e. The van der Waals surface area contributed by atoms with Crippen molar-refractivity contribution in [3.05, 3.63) is 57.0 Å². The van der Waals surface area contributed by atoms with Crippen LogP contribution in [0.5, 0.6) is 0 Å². The second-order valence-electron chi connectivity index (χ2n) is 5.85. The molecule has 0 atom stereocenters. The number of pyridine rings is 1. The highest BCUT2D eigenvalue weighted by molar-refractivity contribution is 5.92. The Morgan fingerprint density at radius 3 is 2.58 bits per heavy atom. The van der Waals surface area contributed by atoms with Crippen LogP contribution in [0.15, 0.2) is 41.3 Å². The topological polar surface area (TPSA) is 114 Å². The number of hydrogen-bond acceptors (Lipinski definition) is 7. The molecule has 3 heterocycles. The molecule has 1 aliphatic heterocycles. The molecule has 132 valence electrons. The van der Waals surface area contributed by atoms with Crippen LogP contribution in [0, 0.1) is 10.1 Å². The summed E-state index contributed by atoms with van der Waals surface area (Å²) in [5.41, 5.74) is 1.36. The second-order valence-corrected chi connectivity index (χ2v) is 5.85. The second kappa shape index (κ2) is 6.52. The van der Waals surface area contributed by atoms with E-state index < -0.39 is 4.92 Å². The van der Waals surface area contributed by atoms with E-state index in [0.717, 1.165) is 0 Å². The Hall–Kier alpha value is -3.33. The normalized spacial score (nSPS) is 14.5. The lowest BCUT2D eigenvalue weighted by atomic mass is 10.0. The summed E-state index contributed by atoms with van der Waals surface area (Å²) in [7, 11) is 0. The minimum atomic E-state index is -0.461. The number of non-ortho nitro benzene ring substituents is 1. The molecule has 9 heteroatoms. The lowest BCUT2D eigenvalue weighted by Gasteiger charge is -2.27. The van der Waals surface area contributed by atoms with Gasteiger partial charge in [-0.25, -0.2) is 4.98 Å². The van der Waals surface area contributed by atoms with Crippen LogP contribution in [0.2, 0.25) is 0 Å². The summed E-state index contributed by atoms with van der Waals surface area (Å²) < 4.78 is 5.32. The first-order valence-electron chi connectivity index (χ1n) is 8.10. The van der Waals surface area contributed by atoms with Crippen molar-refractivity contribution in [2.24, 2.45) is 0 Å². The van der Waals surface area contributed by atoms with Gasteiger partial charge in [-0.3, -0.25) is 19.9 Å². The maximum Gasteiger partial charge on any atom is 0.269 e. The fraction of sp³-hybridized carbons (Fsp3) is 0.235. The summed E-state index contributed by atoms with van der Waals surface area (Å²) in [6.45, 7) is 2.46. The van der Waals surface area contributed by atoms with Gasteiger partial charge in [0, 0.05) is 31.4 Å². The quantitative estimate of drug-likeness (QED) is 0.563. The van der Waals surface area contributed by atoms with Gasteiger partial charge in [0.15, 0.2) is 5.65 Å². The molecule has 1 saturated heterocycles. The Kier molecular flexibility index (Phi) is 4.05. The van der Waals surface area contributed by atoms with Gasteiger partial charge >= 0.3 is 0 Å². The van der Waals surface area contributed by atoms with E-state index in [9.17, 15) is 14.9 Å². The van der Waals surface area contributed by atoms with Crippen LogP contribution in [-0.4, -0.2) is 46.2 Å². The average molecular weight is 353 g/mol. The number of morpholine rings is 1. The molecule has 4 rings (SSSR count).